The second-order valence-electron chi connectivity index (χ2n) is 4.49. The molecule has 1 N–H and O–H groups in total. The Bertz CT molecular complexity index is 827. The van der Waals surface area contributed by atoms with Crippen molar-refractivity contribution in [3.8, 4) is 0 Å². The number of nitrogens with one attached hydrogen (secondary N) is 1. The lowest BCUT2D eigenvalue weighted by atomic mass is 10.2. The molecule has 2 aromatic carbocycles. The fraction of sp³-hybridized carbons (Fsp3) is 0.0667. The van der Waals surface area contributed by atoms with Gasteiger partial charge in [0.05, 0.1) is 20.8 Å². The maximum atomic E-state index is 13.7. The summed E-state index contributed by atoms with van der Waals surface area (Å²) in [6.07, 6.45) is 0. The van der Waals surface area contributed by atoms with Crippen molar-refractivity contribution in [3.63, 3.8) is 0 Å². The molecule has 21 heavy (non-hydrogen) atoms. The molecule has 0 radical (unpaired) electrons. The molecule has 1 aromatic heterocycles. The normalized spacial score (nSPS) is 10.8. The molecule has 6 heteroatoms. The number of aromatic nitrogens is 1. The first-order valence-corrected chi connectivity index (χ1v) is 7.37. The predicted molar refractivity (Wildman–Crippen MR) is 83.7 cm³/mol. The van der Waals surface area contributed by atoms with Crippen molar-refractivity contribution >= 4 is 44.2 Å². The maximum absolute atomic E-state index is 13.7. The smallest absolute Gasteiger partial charge is 0.261 e. The number of thiazole rings is 1. The van der Waals surface area contributed by atoms with Gasteiger partial charge in [0, 0.05) is 0 Å². The van der Waals surface area contributed by atoms with Gasteiger partial charge in [0.1, 0.15) is 5.82 Å². The van der Waals surface area contributed by atoms with E-state index in [1.807, 2.05) is 25.1 Å². The van der Waals surface area contributed by atoms with Gasteiger partial charge in [-0.25, -0.2) is 9.37 Å². The Morgan fingerprint density at radius 3 is 2.76 bits per heavy atom. The van der Waals surface area contributed by atoms with Crippen LogP contribution in [0, 0.1) is 12.7 Å². The van der Waals surface area contributed by atoms with E-state index in [2.05, 4.69) is 10.3 Å². The first-order chi connectivity index (χ1) is 10.1. The molecule has 0 spiro atoms. The Morgan fingerprint density at radius 1 is 1.29 bits per heavy atom. The molecular weight excluding hydrogens is 311 g/mol. The van der Waals surface area contributed by atoms with Crippen LogP contribution < -0.4 is 5.32 Å². The Balaban J connectivity index is 1.95. The lowest BCUT2D eigenvalue weighted by Crippen LogP contribution is -2.14. The van der Waals surface area contributed by atoms with Gasteiger partial charge in [-0.05, 0) is 30.7 Å². The van der Waals surface area contributed by atoms with Crippen LogP contribution >= 0.6 is 22.9 Å². The summed E-state index contributed by atoms with van der Waals surface area (Å²) in [5.41, 5.74) is 1.68. The zero-order valence-electron chi connectivity index (χ0n) is 11.0. The highest BCUT2D eigenvalue weighted by Gasteiger charge is 2.17. The Labute approximate surface area is 129 Å². The molecule has 0 unspecified atom stereocenters. The number of para-hydroxylation sites is 1. The zero-order chi connectivity index (χ0) is 15.0. The van der Waals surface area contributed by atoms with Crippen LogP contribution in [-0.2, 0) is 0 Å². The molecule has 1 heterocycles. The second kappa shape index (κ2) is 5.42. The summed E-state index contributed by atoms with van der Waals surface area (Å²) in [6.45, 7) is 1.95. The first kappa shape index (κ1) is 14.0. The van der Waals surface area contributed by atoms with Crippen LogP contribution in [0.2, 0.25) is 5.02 Å². The minimum atomic E-state index is -0.655. The van der Waals surface area contributed by atoms with Gasteiger partial charge < -0.3 is 0 Å². The largest absolute Gasteiger partial charge is 0.298 e. The Hall–Kier alpha value is -1.98. The van der Waals surface area contributed by atoms with Crippen molar-refractivity contribution in [1.82, 2.24) is 4.98 Å². The predicted octanol–water partition coefficient (Wildman–Crippen LogP) is 4.65. The molecule has 0 atom stereocenters. The summed E-state index contributed by atoms with van der Waals surface area (Å²) >= 11 is 7.21. The minimum Gasteiger partial charge on any atom is -0.298 e. The van der Waals surface area contributed by atoms with Crippen molar-refractivity contribution < 1.29 is 9.18 Å². The van der Waals surface area contributed by atoms with Gasteiger partial charge in [-0.15, -0.1) is 0 Å². The highest BCUT2D eigenvalue weighted by Crippen LogP contribution is 2.29. The quantitative estimate of drug-likeness (QED) is 0.746. The van der Waals surface area contributed by atoms with E-state index >= 15 is 0 Å². The van der Waals surface area contributed by atoms with Gasteiger partial charge in [0.25, 0.3) is 5.91 Å². The molecule has 106 valence electrons. The number of anilines is 1. The Kier molecular flexibility index (Phi) is 3.61. The van der Waals surface area contributed by atoms with Crippen LogP contribution in [0.4, 0.5) is 9.52 Å². The van der Waals surface area contributed by atoms with Gasteiger partial charge in [-0.2, -0.15) is 0 Å². The van der Waals surface area contributed by atoms with Crippen molar-refractivity contribution in [2.45, 2.75) is 6.92 Å². The van der Waals surface area contributed by atoms with Crippen LogP contribution in [0.15, 0.2) is 36.4 Å². The van der Waals surface area contributed by atoms with E-state index in [0.717, 1.165) is 15.8 Å². The molecule has 3 rings (SSSR count). The number of carbonyl (C=O) groups excluding carboxylic acids is 1. The molecule has 0 saturated carbocycles. The maximum Gasteiger partial charge on any atom is 0.261 e. The molecule has 1 amide bonds. The van der Waals surface area contributed by atoms with Gasteiger partial charge in [0.15, 0.2) is 5.13 Å². The van der Waals surface area contributed by atoms with E-state index < -0.39 is 11.7 Å². The summed E-state index contributed by atoms with van der Waals surface area (Å²) in [6, 6.07) is 9.92. The fourth-order valence-corrected chi connectivity index (χ4v) is 3.20. The average Bonchev–Trinajstić information content (AvgIpc) is 2.82. The molecule has 0 fully saturated rings. The van der Waals surface area contributed by atoms with E-state index in [0.29, 0.717) is 5.13 Å². The molecule has 3 nitrogen and oxygen atoms in total. The van der Waals surface area contributed by atoms with E-state index in [-0.39, 0.29) is 10.6 Å². The summed E-state index contributed by atoms with van der Waals surface area (Å²) in [5, 5.41) is 3.09. The summed E-state index contributed by atoms with van der Waals surface area (Å²) in [5.74, 6) is -1.26. The number of hydrogen-bond acceptors (Lipinski definition) is 3. The molecule has 0 aliphatic rings. The van der Waals surface area contributed by atoms with Crippen molar-refractivity contribution in [3.05, 3.63) is 58.4 Å². The molecule has 0 saturated heterocycles. The molecule has 0 aliphatic heterocycles. The number of fused-ring (bicyclic) bond motifs is 1. The lowest BCUT2D eigenvalue weighted by molar-refractivity contribution is 0.102. The summed E-state index contributed by atoms with van der Waals surface area (Å²) in [7, 11) is 0. The van der Waals surface area contributed by atoms with E-state index in [9.17, 15) is 9.18 Å². The van der Waals surface area contributed by atoms with Crippen molar-refractivity contribution in [2.24, 2.45) is 0 Å². The van der Waals surface area contributed by atoms with E-state index in [1.165, 1.54) is 29.5 Å². The van der Waals surface area contributed by atoms with Gasteiger partial charge in [0.2, 0.25) is 0 Å². The molecule has 0 aliphatic carbocycles. The molecule has 0 bridgehead atoms. The Morgan fingerprint density at radius 2 is 2.05 bits per heavy atom. The monoisotopic (exact) mass is 320 g/mol. The number of benzene rings is 2. The number of amides is 1. The standard InChI is InChI=1S/C15H10ClFN2OS/c1-8-4-2-7-11-13(8)18-15(21-11)19-14(20)12-9(16)5-3-6-10(12)17/h2-7H,1H3,(H,18,19,20). The van der Waals surface area contributed by atoms with Crippen LogP contribution in [0.25, 0.3) is 10.2 Å². The average molecular weight is 321 g/mol. The van der Waals surface area contributed by atoms with Crippen LogP contribution in [-0.4, -0.2) is 10.9 Å². The van der Waals surface area contributed by atoms with Crippen LogP contribution in [0.1, 0.15) is 15.9 Å². The van der Waals surface area contributed by atoms with Gasteiger partial charge in [-0.1, -0.05) is 41.1 Å². The van der Waals surface area contributed by atoms with Crippen molar-refractivity contribution in [1.29, 1.82) is 0 Å². The number of nitrogens with zero attached hydrogens (tertiary/aromatic N) is 1. The summed E-state index contributed by atoms with van der Waals surface area (Å²) in [4.78, 5) is 16.5. The highest BCUT2D eigenvalue weighted by atomic mass is 35.5. The zero-order valence-corrected chi connectivity index (χ0v) is 12.6. The van der Waals surface area contributed by atoms with Crippen LogP contribution in [0.3, 0.4) is 0 Å². The minimum absolute atomic E-state index is 0.0739. The third kappa shape index (κ3) is 2.62. The lowest BCUT2D eigenvalue weighted by Gasteiger charge is -2.04. The van der Waals surface area contributed by atoms with Crippen molar-refractivity contribution in [2.75, 3.05) is 5.32 Å². The third-order valence-corrected chi connectivity index (χ3v) is 4.28. The van der Waals surface area contributed by atoms with Crippen LogP contribution in [0.5, 0.6) is 0 Å². The summed E-state index contributed by atoms with van der Waals surface area (Å²) < 4.78 is 14.7. The number of carbonyl (C=O) groups is 1. The fourth-order valence-electron chi connectivity index (χ4n) is 2.01. The van der Waals surface area contributed by atoms with E-state index in [4.69, 9.17) is 11.6 Å². The SMILES string of the molecule is Cc1cccc2sc(NC(=O)c3c(F)cccc3Cl)nc12. The topological polar surface area (TPSA) is 42.0 Å². The number of rotatable bonds is 2. The first-order valence-electron chi connectivity index (χ1n) is 6.18. The van der Waals surface area contributed by atoms with Gasteiger partial charge >= 0.3 is 0 Å². The third-order valence-electron chi connectivity index (χ3n) is 3.03. The van der Waals surface area contributed by atoms with E-state index in [1.54, 1.807) is 0 Å². The highest BCUT2D eigenvalue weighted by molar-refractivity contribution is 7.22. The van der Waals surface area contributed by atoms with Gasteiger partial charge in [-0.3, -0.25) is 10.1 Å². The number of aryl methyl sites for hydroxylation is 1. The number of halogens is 2. The number of hydrogen-bond donors (Lipinski definition) is 1. The molecular formula is C15H10ClFN2OS. The molecule has 3 aromatic rings. The second-order valence-corrected chi connectivity index (χ2v) is 5.93.